The Bertz CT molecular complexity index is 648. The highest BCUT2D eigenvalue weighted by molar-refractivity contribution is 5.33. The molecule has 0 radical (unpaired) electrons. The lowest BCUT2D eigenvalue weighted by Gasteiger charge is -2.18. The van der Waals surface area contributed by atoms with Crippen molar-refractivity contribution in [2.45, 2.75) is 19.1 Å². The lowest BCUT2D eigenvalue weighted by molar-refractivity contribution is -0.140. The molecule has 4 nitrogen and oxygen atoms in total. The summed E-state index contributed by atoms with van der Waals surface area (Å²) in [4.78, 5) is 0. The number of rotatable bonds is 3. The summed E-state index contributed by atoms with van der Waals surface area (Å²) in [5, 5.41) is 4.13. The molecule has 0 spiro atoms. The molecule has 8 heteroatoms. The maximum absolute atomic E-state index is 13.7. The van der Waals surface area contributed by atoms with E-state index in [2.05, 4.69) is 10.5 Å². The molecule has 1 heterocycles. The van der Waals surface area contributed by atoms with Crippen LogP contribution < -0.4 is 11.3 Å². The van der Waals surface area contributed by atoms with E-state index in [0.29, 0.717) is 11.8 Å². The number of nitrogens with zero attached hydrogens (tertiary/aromatic N) is 2. The Hall–Kier alpha value is -1.93. The van der Waals surface area contributed by atoms with Crippen molar-refractivity contribution in [2.24, 2.45) is 12.9 Å². The molecule has 0 fully saturated rings. The van der Waals surface area contributed by atoms with E-state index in [9.17, 15) is 17.6 Å². The summed E-state index contributed by atoms with van der Waals surface area (Å²) in [6.45, 7) is 1.77. The molecule has 2 aromatic rings. The predicted molar refractivity (Wildman–Crippen MR) is 68.5 cm³/mol. The van der Waals surface area contributed by atoms with E-state index in [-0.39, 0.29) is 5.56 Å². The topological polar surface area (TPSA) is 55.9 Å². The molecule has 0 aliphatic heterocycles. The average Bonchev–Trinajstić information content (AvgIpc) is 2.68. The van der Waals surface area contributed by atoms with Gasteiger partial charge in [-0.15, -0.1) is 0 Å². The van der Waals surface area contributed by atoms with E-state index in [1.807, 2.05) is 0 Å². The number of alkyl halides is 3. The molecule has 1 aromatic heterocycles. The second kappa shape index (κ2) is 5.45. The molecule has 3 N–H and O–H groups in total. The van der Waals surface area contributed by atoms with Crippen LogP contribution in [0.4, 0.5) is 17.6 Å². The van der Waals surface area contributed by atoms with Gasteiger partial charge in [0.2, 0.25) is 0 Å². The third-order valence-corrected chi connectivity index (χ3v) is 3.13. The average molecular weight is 302 g/mol. The highest BCUT2D eigenvalue weighted by atomic mass is 19.4. The Labute approximate surface area is 118 Å². The van der Waals surface area contributed by atoms with Gasteiger partial charge in [0.1, 0.15) is 5.82 Å². The summed E-state index contributed by atoms with van der Waals surface area (Å²) in [5.74, 6) is 4.12. The molecule has 0 saturated carbocycles. The van der Waals surface area contributed by atoms with Crippen molar-refractivity contribution in [1.82, 2.24) is 15.2 Å². The normalized spacial score (nSPS) is 13.5. The van der Waals surface area contributed by atoms with Gasteiger partial charge in [-0.25, -0.2) is 9.82 Å². The SMILES string of the molecule is Cc1cc(C(NN)c2ccc(C(F)(F)F)c(F)c2)n(C)n1. The molecule has 1 aromatic carbocycles. The number of halogens is 4. The van der Waals surface area contributed by atoms with Crippen LogP contribution >= 0.6 is 0 Å². The van der Waals surface area contributed by atoms with Crippen LogP contribution in [-0.2, 0) is 13.2 Å². The number of hydrogen-bond donors (Lipinski definition) is 2. The number of nitrogens with two attached hydrogens (primary N) is 1. The van der Waals surface area contributed by atoms with Crippen molar-refractivity contribution in [3.8, 4) is 0 Å². The standard InChI is InChI=1S/C13H14F4N4/c1-7-5-11(21(2)20-7)12(19-18)8-3-4-9(10(14)6-8)13(15,16)17/h3-6,12,19H,18H2,1-2H3. The van der Waals surface area contributed by atoms with E-state index in [1.54, 1.807) is 20.0 Å². The Morgan fingerprint density at radius 2 is 1.95 bits per heavy atom. The zero-order valence-corrected chi connectivity index (χ0v) is 11.4. The van der Waals surface area contributed by atoms with Crippen LogP contribution in [0, 0.1) is 12.7 Å². The summed E-state index contributed by atoms with van der Waals surface area (Å²) < 4.78 is 52.9. The Balaban J connectivity index is 2.45. The summed E-state index contributed by atoms with van der Waals surface area (Å²) in [7, 11) is 1.67. The minimum atomic E-state index is -4.72. The molecule has 0 aliphatic rings. The van der Waals surface area contributed by atoms with Gasteiger partial charge in [0, 0.05) is 7.05 Å². The zero-order valence-electron chi connectivity index (χ0n) is 11.4. The van der Waals surface area contributed by atoms with Crippen LogP contribution in [0.3, 0.4) is 0 Å². The maximum atomic E-state index is 13.7. The summed E-state index contributed by atoms with van der Waals surface area (Å²) in [6.07, 6.45) is -4.72. The largest absolute Gasteiger partial charge is 0.419 e. The molecular weight excluding hydrogens is 288 g/mol. The Morgan fingerprint density at radius 3 is 2.38 bits per heavy atom. The summed E-state index contributed by atoms with van der Waals surface area (Å²) >= 11 is 0. The monoisotopic (exact) mass is 302 g/mol. The molecule has 1 atom stereocenters. The van der Waals surface area contributed by atoms with Crippen molar-refractivity contribution >= 4 is 0 Å². The molecule has 0 bridgehead atoms. The van der Waals surface area contributed by atoms with E-state index >= 15 is 0 Å². The van der Waals surface area contributed by atoms with Gasteiger partial charge in [0.15, 0.2) is 0 Å². The van der Waals surface area contributed by atoms with Crippen LogP contribution in [-0.4, -0.2) is 9.78 Å². The highest BCUT2D eigenvalue weighted by Gasteiger charge is 2.34. The van der Waals surface area contributed by atoms with Crippen molar-refractivity contribution in [1.29, 1.82) is 0 Å². The summed E-state index contributed by atoms with van der Waals surface area (Å²) in [6, 6.07) is 3.79. The van der Waals surface area contributed by atoms with Gasteiger partial charge in [0.25, 0.3) is 0 Å². The van der Waals surface area contributed by atoms with E-state index < -0.39 is 23.6 Å². The first kappa shape index (κ1) is 15.5. The molecule has 2 rings (SSSR count). The number of hydrazine groups is 1. The van der Waals surface area contributed by atoms with Gasteiger partial charge in [-0.3, -0.25) is 10.5 Å². The molecule has 21 heavy (non-hydrogen) atoms. The van der Waals surface area contributed by atoms with Crippen LogP contribution in [0.25, 0.3) is 0 Å². The number of benzene rings is 1. The highest BCUT2D eigenvalue weighted by Crippen LogP contribution is 2.33. The fourth-order valence-electron chi connectivity index (χ4n) is 2.19. The summed E-state index contributed by atoms with van der Waals surface area (Å²) in [5.41, 5.74) is 2.79. The quantitative estimate of drug-likeness (QED) is 0.520. The van der Waals surface area contributed by atoms with Gasteiger partial charge in [0.05, 0.1) is 23.0 Å². The van der Waals surface area contributed by atoms with Gasteiger partial charge < -0.3 is 0 Å². The predicted octanol–water partition coefficient (Wildman–Crippen LogP) is 2.44. The van der Waals surface area contributed by atoms with Crippen LogP contribution in [0.1, 0.15) is 28.6 Å². The molecule has 1 unspecified atom stereocenters. The van der Waals surface area contributed by atoms with Crippen molar-refractivity contribution < 1.29 is 17.6 Å². The van der Waals surface area contributed by atoms with E-state index in [4.69, 9.17) is 5.84 Å². The second-order valence-corrected chi connectivity index (χ2v) is 4.67. The zero-order chi connectivity index (χ0) is 15.8. The first-order chi connectivity index (χ1) is 9.74. The van der Waals surface area contributed by atoms with Gasteiger partial charge in [-0.1, -0.05) is 6.07 Å². The van der Waals surface area contributed by atoms with Crippen LogP contribution in [0.5, 0.6) is 0 Å². The minimum Gasteiger partial charge on any atom is -0.271 e. The van der Waals surface area contributed by atoms with E-state index in [1.165, 1.54) is 10.7 Å². The molecule has 0 saturated heterocycles. The minimum absolute atomic E-state index is 0.283. The first-order valence-electron chi connectivity index (χ1n) is 6.07. The molecule has 0 aliphatic carbocycles. The van der Waals surface area contributed by atoms with Crippen molar-refractivity contribution in [2.75, 3.05) is 0 Å². The third-order valence-electron chi connectivity index (χ3n) is 3.13. The van der Waals surface area contributed by atoms with Gasteiger partial charge in [-0.05, 0) is 30.7 Å². The molecule has 0 amide bonds. The number of aromatic nitrogens is 2. The molecular formula is C13H14F4N4. The number of nitrogens with one attached hydrogen (secondary N) is 1. The fourth-order valence-corrected chi connectivity index (χ4v) is 2.19. The Kier molecular flexibility index (Phi) is 4.02. The Morgan fingerprint density at radius 1 is 1.29 bits per heavy atom. The van der Waals surface area contributed by atoms with Gasteiger partial charge >= 0.3 is 6.18 Å². The second-order valence-electron chi connectivity index (χ2n) is 4.67. The smallest absolute Gasteiger partial charge is 0.271 e. The third kappa shape index (κ3) is 3.06. The fraction of sp³-hybridized carbons (Fsp3) is 0.308. The first-order valence-corrected chi connectivity index (χ1v) is 6.07. The number of hydrogen-bond acceptors (Lipinski definition) is 3. The lowest BCUT2D eigenvalue weighted by atomic mass is 10.0. The van der Waals surface area contributed by atoms with Crippen molar-refractivity contribution in [3.63, 3.8) is 0 Å². The molecule has 114 valence electrons. The van der Waals surface area contributed by atoms with Gasteiger partial charge in [-0.2, -0.15) is 18.3 Å². The van der Waals surface area contributed by atoms with Crippen LogP contribution in [0.15, 0.2) is 24.3 Å². The lowest BCUT2D eigenvalue weighted by Crippen LogP contribution is -2.30. The van der Waals surface area contributed by atoms with Crippen molar-refractivity contribution in [3.05, 3.63) is 52.6 Å². The number of aryl methyl sites for hydroxylation is 2. The maximum Gasteiger partial charge on any atom is 0.419 e. The van der Waals surface area contributed by atoms with Crippen LogP contribution in [0.2, 0.25) is 0 Å². The van der Waals surface area contributed by atoms with E-state index in [0.717, 1.165) is 11.8 Å².